The van der Waals surface area contributed by atoms with Crippen LogP contribution in [0.4, 0.5) is 5.13 Å². The molecule has 1 heterocycles. The third kappa shape index (κ3) is 4.67. The Kier molecular flexibility index (Phi) is 5.23. The molecule has 0 saturated heterocycles. The van der Waals surface area contributed by atoms with Crippen LogP contribution in [0.15, 0.2) is 59.0 Å². The average molecular weight is 337 g/mol. The second-order valence-electron chi connectivity index (χ2n) is 5.51. The van der Waals surface area contributed by atoms with Crippen LogP contribution in [-0.2, 0) is 6.61 Å². The fraction of sp³-hybridized carbons (Fsp3) is 0.158. The number of aryl methyl sites for hydroxylation is 2. The van der Waals surface area contributed by atoms with E-state index >= 15 is 0 Å². The number of rotatable bonds is 6. The first-order chi connectivity index (χ1) is 11.7. The van der Waals surface area contributed by atoms with E-state index in [0.29, 0.717) is 6.61 Å². The molecule has 0 aliphatic carbocycles. The fourth-order valence-corrected chi connectivity index (χ4v) is 2.86. The van der Waals surface area contributed by atoms with E-state index < -0.39 is 0 Å². The van der Waals surface area contributed by atoms with E-state index in [1.165, 1.54) is 16.9 Å². The highest BCUT2D eigenvalue weighted by molar-refractivity contribution is 7.13. The number of ether oxygens (including phenoxy) is 1. The lowest BCUT2D eigenvalue weighted by Crippen LogP contribution is -1.96. The van der Waals surface area contributed by atoms with Gasteiger partial charge in [0.25, 0.3) is 0 Å². The van der Waals surface area contributed by atoms with E-state index in [9.17, 15) is 0 Å². The molecule has 24 heavy (non-hydrogen) atoms. The smallest absolute Gasteiger partial charge is 0.203 e. The lowest BCUT2D eigenvalue weighted by Gasteiger charge is -2.07. The highest BCUT2D eigenvalue weighted by atomic mass is 32.1. The van der Waals surface area contributed by atoms with Crippen molar-refractivity contribution in [2.24, 2.45) is 5.10 Å². The van der Waals surface area contributed by atoms with E-state index in [0.717, 1.165) is 27.7 Å². The molecule has 0 aliphatic heterocycles. The molecular formula is C19H19N3OS. The minimum Gasteiger partial charge on any atom is -0.489 e. The van der Waals surface area contributed by atoms with Gasteiger partial charge in [0, 0.05) is 5.38 Å². The number of anilines is 1. The van der Waals surface area contributed by atoms with Crippen molar-refractivity contribution in [1.82, 2.24) is 4.98 Å². The molecule has 0 atom stereocenters. The van der Waals surface area contributed by atoms with Crippen molar-refractivity contribution in [3.8, 4) is 5.75 Å². The van der Waals surface area contributed by atoms with E-state index in [2.05, 4.69) is 40.6 Å². The molecule has 0 amide bonds. The average Bonchev–Trinajstić information content (AvgIpc) is 2.99. The first kappa shape index (κ1) is 16.2. The second kappa shape index (κ2) is 7.75. The summed E-state index contributed by atoms with van der Waals surface area (Å²) in [7, 11) is 0. The van der Waals surface area contributed by atoms with Crippen LogP contribution in [0.1, 0.15) is 22.4 Å². The van der Waals surface area contributed by atoms with Crippen LogP contribution in [0.5, 0.6) is 5.75 Å². The number of benzene rings is 2. The molecule has 1 aromatic heterocycles. The summed E-state index contributed by atoms with van der Waals surface area (Å²) in [5.74, 6) is 0.825. The van der Waals surface area contributed by atoms with Gasteiger partial charge in [-0.3, -0.25) is 5.43 Å². The van der Waals surface area contributed by atoms with Gasteiger partial charge < -0.3 is 4.74 Å². The monoisotopic (exact) mass is 337 g/mol. The topological polar surface area (TPSA) is 46.5 Å². The first-order valence-electron chi connectivity index (χ1n) is 7.69. The lowest BCUT2D eigenvalue weighted by atomic mass is 10.1. The van der Waals surface area contributed by atoms with Crippen LogP contribution in [0.25, 0.3) is 0 Å². The number of nitrogens with one attached hydrogen (secondary N) is 1. The summed E-state index contributed by atoms with van der Waals surface area (Å²) in [6.45, 7) is 4.59. The van der Waals surface area contributed by atoms with Gasteiger partial charge in [-0.1, -0.05) is 42.0 Å². The summed E-state index contributed by atoms with van der Waals surface area (Å²) >= 11 is 1.53. The van der Waals surface area contributed by atoms with Crippen LogP contribution in [0.3, 0.4) is 0 Å². The second-order valence-corrected chi connectivity index (χ2v) is 6.37. The highest BCUT2D eigenvalue weighted by Gasteiger charge is 1.98. The largest absolute Gasteiger partial charge is 0.489 e. The minimum atomic E-state index is 0.554. The van der Waals surface area contributed by atoms with Crippen molar-refractivity contribution in [2.75, 3.05) is 5.43 Å². The van der Waals surface area contributed by atoms with Gasteiger partial charge in [0.2, 0.25) is 5.13 Å². The molecule has 4 nitrogen and oxygen atoms in total. The Bertz CT molecular complexity index is 842. The predicted octanol–water partition coefficient (Wildman–Crippen LogP) is 4.78. The molecule has 3 rings (SSSR count). The van der Waals surface area contributed by atoms with Crippen LogP contribution in [0, 0.1) is 13.8 Å². The van der Waals surface area contributed by atoms with Gasteiger partial charge in [0.15, 0.2) is 0 Å². The van der Waals surface area contributed by atoms with Crippen LogP contribution in [-0.4, -0.2) is 11.2 Å². The van der Waals surface area contributed by atoms with E-state index in [1.807, 2.05) is 42.6 Å². The maximum atomic E-state index is 5.86. The van der Waals surface area contributed by atoms with Crippen molar-refractivity contribution < 1.29 is 4.74 Å². The molecule has 5 heteroatoms. The van der Waals surface area contributed by atoms with Crippen molar-refractivity contribution >= 4 is 22.7 Å². The molecule has 122 valence electrons. The molecule has 3 aromatic rings. The summed E-state index contributed by atoms with van der Waals surface area (Å²) in [6, 6.07) is 16.2. The third-order valence-electron chi connectivity index (χ3n) is 3.34. The number of aromatic nitrogens is 1. The van der Waals surface area contributed by atoms with Crippen LogP contribution >= 0.6 is 11.3 Å². The zero-order valence-electron chi connectivity index (χ0n) is 13.7. The summed E-state index contributed by atoms with van der Waals surface area (Å²) in [4.78, 5) is 4.30. The minimum absolute atomic E-state index is 0.554. The molecule has 0 bridgehead atoms. The van der Waals surface area contributed by atoms with Gasteiger partial charge >= 0.3 is 0 Å². The quantitative estimate of drug-likeness (QED) is 0.520. The van der Waals surface area contributed by atoms with Gasteiger partial charge in [-0.25, -0.2) is 4.98 Å². The van der Waals surface area contributed by atoms with E-state index in [-0.39, 0.29) is 0 Å². The lowest BCUT2D eigenvalue weighted by molar-refractivity contribution is 0.306. The molecule has 0 radical (unpaired) electrons. The van der Waals surface area contributed by atoms with Crippen molar-refractivity contribution in [1.29, 1.82) is 0 Å². The van der Waals surface area contributed by atoms with E-state index in [1.54, 1.807) is 6.21 Å². The Balaban J connectivity index is 1.59. The Morgan fingerprint density at radius 1 is 1.17 bits per heavy atom. The van der Waals surface area contributed by atoms with Gasteiger partial charge in [-0.2, -0.15) is 5.10 Å². The van der Waals surface area contributed by atoms with Crippen molar-refractivity contribution in [3.05, 3.63) is 76.3 Å². The Labute approximate surface area is 145 Å². The number of thiazole rings is 1. The Morgan fingerprint density at radius 2 is 2.04 bits per heavy atom. The summed E-state index contributed by atoms with van der Waals surface area (Å²) in [6.07, 6.45) is 1.76. The molecule has 0 unspecified atom stereocenters. The Morgan fingerprint density at radius 3 is 2.83 bits per heavy atom. The van der Waals surface area contributed by atoms with Gasteiger partial charge in [-0.15, -0.1) is 11.3 Å². The zero-order valence-corrected chi connectivity index (χ0v) is 14.5. The first-order valence-corrected chi connectivity index (χ1v) is 8.56. The normalized spacial score (nSPS) is 10.9. The van der Waals surface area contributed by atoms with Gasteiger partial charge in [0.05, 0.1) is 11.9 Å². The fourth-order valence-electron chi connectivity index (χ4n) is 2.22. The van der Waals surface area contributed by atoms with Gasteiger partial charge in [0.1, 0.15) is 12.4 Å². The standard InChI is InChI=1S/C19H19N3OS/c1-14-5-3-7-17(9-14)12-23-18-8-4-6-16(10-18)11-20-22-19-21-15(2)13-24-19/h3-11,13H,12H2,1-2H3,(H,21,22). The van der Waals surface area contributed by atoms with E-state index in [4.69, 9.17) is 4.74 Å². The molecule has 2 aromatic carbocycles. The molecule has 0 spiro atoms. The maximum absolute atomic E-state index is 5.86. The zero-order chi connectivity index (χ0) is 16.8. The number of hydrogen-bond donors (Lipinski definition) is 1. The van der Waals surface area contributed by atoms with Gasteiger partial charge in [-0.05, 0) is 37.1 Å². The summed E-state index contributed by atoms with van der Waals surface area (Å²) < 4.78 is 5.86. The summed E-state index contributed by atoms with van der Waals surface area (Å²) in [5, 5.41) is 6.98. The maximum Gasteiger partial charge on any atom is 0.203 e. The number of hydrazone groups is 1. The number of hydrogen-bond acceptors (Lipinski definition) is 5. The van der Waals surface area contributed by atoms with Crippen LogP contribution < -0.4 is 10.2 Å². The highest BCUT2D eigenvalue weighted by Crippen LogP contribution is 2.16. The molecule has 0 saturated carbocycles. The summed E-state index contributed by atoms with van der Waals surface area (Å²) in [5.41, 5.74) is 7.29. The molecule has 0 fully saturated rings. The third-order valence-corrected chi connectivity index (χ3v) is 4.20. The Hall–Kier alpha value is -2.66. The van der Waals surface area contributed by atoms with Crippen LogP contribution in [0.2, 0.25) is 0 Å². The predicted molar refractivity (Wildman–Crippen MR) is 100 cm³/mol. The molecule has 0 aliphatic rings. The molecule has 1 N–H and O–H groups in total. The molecular weight excluding hydrogens is 318 g/mol. The number of nitrogens with zero attached hydrogens (tertiary/aromatic N) is 2. The SMILES string of the molecule is Cc1cccc(COc2cccc(C=NNc3nc(C)cs3)c2)c1. The van der Waals surface area contributed by atoms with Crippen molar-refractivity contribution in [3.63, 3.8) is 0 Å². The van der Waals surface area contributed by atoms with Crippen molar-refractivity contribution in [2.45, 2.75) is 20.5 Å².